The van der Waals surface area contributed by atoms with E-state index in [4.69, 9.17) is 22.1 Å². The minimum Gasteiger partial charge on any atom is -0.493 e. The number of nitrogens with one attached hydrogen (secondary N) is 1. The van der Waals surface area contributed by atoms with Crippen molar-refractivity contribution in [3.63, 3.8) is 0 Å². The van der Waals surface area contributed by atoms with E-state index in [-0.39, 0.29) is 6.04 Å². The molecule has 2 atom stereocenters. The number of aliphatic hydroxyl groups is 1. The van der Waals surface area contributed by atoms with E-state index in [0.29, 0.717) is 29.4 Å². The van der Waals surface area contributed by atoms with Gasteiger partial charge in [-0.15, -0.1) is 0 Å². The van der Waals surface area contributed by atoms with Gasteiger partial charge in [-0.1, -0.05) is 18.5 Å². The van der Waals surface area contributed by atoms with E-state index in [1.807, 2.05) is 14.0 Å². The first kappa shape index (κ1) is 16.2. The van der Waals surface area contributed by atoms with E-state index in [9.17, 15) is 5.11 Å². The molecule has 0 saturated heterocycles. The van der Waals surface area contributed by atoms with Crippen molar-refractivity contribution in [3.8, 4) is 5.75 Å². The van der Waals surface area contributed by atoms with Crippen LogP contribution in [-0.4, -0.2) is 31.3 Å². The molecule has 0 radical (unpaired) electrons. The van der Waals surface area contributed by atoms with Crippen molar-refractivity contribution in [1.29, 1.82) is 0 Å². The molecule has 1 rings (SSSR count). The lowest BCUT2D eigenvalue weighted by Crippen LogP contribution is -2.31. The summed E-state index contributed by atoms with van der Waals surface area (Å²) < 4.78 is 5.63. The molecular formula is C14H23ClN2O2. The lowest BCUT2D eigenvalue weighted by atomic mass is 9.99. The maximum atomic E-state index is 10.3. The van der Waals surface area contributed by atoms with Crippen LogP contribution in [0.1, 0.15) is 31.4 Å². The van der Waals surface area contributed by atoms with Crippen molar-refractivity contribution >= 4 is 11.6 Å². The Balaban J connectivity index is 2.85. The fourth-order valence-electron chi connectivity index (χ4n) is 1.79. The molecule has 0 aliphatic heterocycles. The molecule has 0 fully saturated rings. The van der Waals surface area contributed by atoms with Gasteiger partial charge < -0.3 is 20.9 Å². The van der Waals surface area contributed by atoms with Gasteiger partial charge in [-0.2, -0.15) is 0 Å². The summed E-state index contributed by atoms with van der Waals surface area (Å²) in [6, 6.07) is 4.90. The van der Waals surface area contributed by atoms with E-state index in [2.05, 4.69) is 5.32 Å². The molecule has 0 spiro atoms. The fourth-order valence-corrected chi connectivity index (χ4v) is 1.97. The maximum absolute atomic E-state index is 10.3. The molecule has 0 aliphatic carbocycles. The lowest BCUT2D eigenvalue weighted by molar-refractivity contribution is 0.137. The SMILES string of the molecule is CCCOc1ccc(Cl)cc1C(O)C(N)CCNC. The Morgan fingerprint density at radius 2 is 2.21 bits per heavy atom. The highest BCUT2D eigenvalue weighted by Crippen LogP contribution is 2.30. The summed E-state index contributed by atoms with van der Waals surface area (Å²) in [6.45, 7) is 3.39. The van der Waals surface area contributed by atoms with E-state index < -0.39 is 6.10 Å². The van der Waals surface area contributed by atoms with Gasteiger partial charge in [0.25, 0.3) is 0 Å². The number of aliphatic hydroxyl groups excluding tert-OH is 1. The van der Waals surface area contributed by atoms with E-state index in [0.717, 1.165) is 13.0 Å². The topological polar surface area (TPSA) is 67.5 Å². The number of halogens is 1. The predicted molar refractivity (Wildman–Crippen MR) is 78.7 cm³/mol. The van der Waals surface area contributed by atoms with Crippen LogP contribution in [0.15, 0.2) is 18.2 Å². The van der Waals surface area contributed by atoms with Crippen LogP contribution in [0, 0.1) is 0 Å². The molecule has 4 nitrogen and oxygen atoms in total. The molecule has 0 aliphatic rings. The zero-order chi connectivity index (χ0) is 14.3. The van der Waals surface area contributed by atoms with Gasteiger partial charge in [0.1, 0.15) is 5.75 Å². The van der Waals surface area contributed by atoms with Crippen LogP contribution in [0.25, 0.3) is 0 Å². The summed E-state index contributed by atoms with van der Waals surface area (Å²) in [7, 11) is 1.86. The third-order valence-corrected chi connectivity index (χ3v) is 3.12. The van der Waals surface area contributed by atoms with Crippen molar-refractivity contribution in [2.45, 2.75) is 31.9 Å². The van der Waals surface area contributed by atoms with Crippen molar-refractivity contribution in [1.82, 2.24) is 5.32 Å². The molecule has 5 heteroatoms. The highest BCUT2D eigenvalue weighted by atomic mass is 35.5. The summed E-state index contributed by atoms with van der Waals surface area (Å²) in [6.07, 6.45) is 0.806. The van der Waals surface area contributed by atoms with Crippen LogP contribution < -0.4 is 15.8 Å². The zero-order valence-corrected chi connectivity index (χ0v) is 12.3. The standard InChI is InChI=1S/C14H23ClN2O2/c1-3-8-19-13-5-4-10(15)9-11(13)14(18)12(16)6-7-17-2/h4-5,9,12,14,17-18H,3,6-8,16H2,1-2H3. The van der Waals surface area contributed by atoms with Gasteiger partial charge in [-0.05, 0) is 44.6 Å². The third-order valence-electron chi connectivity index (χ3n) is 2.89. The molecule has 0 heterocycles. The molecule has 0 bridgehead atoms. The van der Waals surface area contributed by atoms with Crippen LogP contribution in [0.3, 0.4) is 0 Å². The molecule has 1 aromatic rings. The van der Waals surface area contributed by atoms with Gasteiger partial charge in [-0.25, -0.2) is 0 Å². The minimum absolute atomic E-state index is 0.352. The molecular weight excluding hydrogens is 264 g/mol. The van der Waals surface area contributed by atoms with Gasteiger partial charge in [0.2, 0.25) is 0 Å². The first-order valence-corrected chi connectivity index (χ1v) is 6.98. The molecule has 0 amide bonds. The minimum atomic E-state index is -0.779. The first-order chi connectivity index (χ1) is 9.10. The fraction of sp³-hybridized carbons (Fsp3) is 0.571. The molecule has 1 aromatic carbocycles. The van der Waals surface area contributed by atoms with Gasteiger partial charge in [-0.3, -0.25) is 0 Å². The van der Waals surface area contributed by atoms with Crippen molar-refractivity contribution in [2.75, 3.05) is 20.2 Å². The molecule has 108 valence electrons. The molecule has 19 heavy (non-hydrogen) atoms. The van der Waals surface area contributed by atoms with Gasteiger partial charge in [0.05, 0.1) is 12.7 Å². The molecule has 0 saturated carbocycles. The summed E-state index contributed by atoms with van der Waals surface area (Å²) in [5.74, 6) is 0.652. The van der Waals surface area contributed by atoms with Crippen molar-refractivity contribution in [3.05, 3.63) is 28.8 Å². The largest absolute Gasteiger partial charge is 0.493 e. The van der Waals surface area contributed by atoms with Gasteiger partial charge in [0, 0.05) is 16.6 Å². The number of benzene rings is 1. The van der Waals surface area contributed by atoms with Gasteiger partial charge in [0.15, 0.2) is 0 Å². The molecule has 0 aromatic heterocycles. The van der Waals surface area contributed by atoms with Crippen LogP contribution in [0.4, 0.5) is 0 Å². The van der Waals surface area contributed by atoms with Crippen LogP contribution >= 0.6 is 11.6 Å². The van der Waals surface area contributed by atoms with Crippen molar-refractivity contribution < 1.29 is 9.84 Å². The summed E-state index contributed by atoms with van der Waals surface area (Å²) in [4.78, 5) is 0. The Labute approximate surface area is 119 Å². The van der Waals surface area contributed by atoms with Gasteiger partial charge >= 0.3 is 0 Å². The van der Waals surface area contributed by atoms with Crippen LogP contribution in [0.2, 0.25) is 5.02 Å². The first-order valence-electron chi connectivity index (χ1n) is 6.60. The van der Waals surface area contributed by atoms with E-state index >= 15 is 0 Å². The second-order valence-corrected chi connectivity index (χ2v) is 4.97. The normalized spacial score (nSPS) is 14.2. The highest BCUT2D eigenvalue weighted by Gasteiger charge is 2.20. The molecule has 2 unspecified atom stereocenters. The molecule has 4 N–H and O–H groups in total. The average molecular weight is 287 g/mol. The maximum Gasteiger partial charge on any atom is 0.125 e. The quantitative estimate of drug-likeness (QED) is 0.685. The Hall–Kier alpha value is -0.810. The average Bonchev–Trinajstić information content (AvgIpc) is 2.42. The number of ether oxygens (including phenoxy) is 1. The number of hydrogen-bond donors (Lipinski definition) is 3. The third kappa shape index (κ3) is 4.99. The Kier molecular flexibility index (Phi) is 7.16. The second-order valence-electron chi connectivity index (χ2n) is 4.53. The Bertz CT molecular complexity index is 388. The van der Waals surface area contributed by atoms with E-state index in [1.54, 1.807) is 18.2 Å². The summed E-state index contributed by atoms with van der Waals surface area (Å²) in [5, 5.41) is 13.9. The number of nitrogens with two attached hydrogens (primary N) is 1. The van der Waals surface area contributed by atoms with Crippen molar-refractivity contribution in [2.24, 2.45) is 5.73 Å². The Morgan fingerprint density at radius 1 is 1.47 bits per heavy atom. The summed E-state index contributed by atoms with van der Waals surface area (Å²) >= 11 is 5.98. The predicted octanol–water partition coefficient (Wildman–Crippen LogP) is 2.10. The van der Waals surface area contributed by atoms with E-state index in [1.165, 1.54) is 0 Å². The zero-order valence-electron chi connectivity index (χ0n) is 11.5. The number of rotatable bonds is 8. The highest BCUT2D eigenvalue weighted by molar-refractivity contribution is 6.30. The monoisotopic (exact) mass is 286 g/mol. The summed E-state index contributed by atoms with van der Waals surface area (Å²) in [5.41, 5.74) is 6.65. The van der Waals surface area contributed by atoms with Crippen LogP contribution in [0.5, 0.6) is 5.75 Å². The second kappa shape index (κ2) is 8.38. The van der Waals surface area contributed by atoms with Crippen LogP contribution in [-0.2, 0) is 0 Å². The lowest BCUT2D eigenvalue weighted by Gasteiger charge is -2.22. The number of hydrogen-bond acceptors (Lipinski definition) is 4. The smallest absolute Gasteiger partial charge is 0.125 e. The Morgan fingerprint density at radius 3 is 2.84 bits per heavy atom.